The van der Waals surface area contributed by atoms with Crippen molar-refractivity contribution >= 4 is 52.6 Å². The monoisotopic (exact) mass is 438 g/mol. The molecule has 2 aliphatic carbocycles. The fourth-order valence-corrected chi connectivity index (χ4v) is 5.70. The summed E-state index contributed by atoms with van der Waals surface area (Å²) in [5, 5.41) is 1.92. The predicted molar refractivity (Wildman–Crippen MR) is 105 cm³/mol. The molecule has 3 fully saturated rings. The van der Waals surface area contributed by atoms with E-state index in [1.165, 1.54) is 0 Å². The molecular weight excluding hydrogens is 419 g/mol. The summed E-state index contributed by atoms with van der Waals surface area (Å²) in [4.78, 5) is 50.4. The van der Waals surface area contributed by atoms with Crippen LogP contribution in [0.4, 0.5) is 5.69 Å². The minimum absolute atomic E-state index is 0.147. The van der Waals surface area contributed by atoms with Gasteiger partial charge in [-0.2, -0.15) is 0 Å². The van der Waals surface area contributed by atoms with E-state index in [1.807, 2.05) is 13.0 Å². The summed E-state index contributed by atoms with van der Waals surface area (Å²) in [6.45, 7) is 0.872. The number of likely N-dealkylation sites (tertiary alicyclic amines) is 1. The van der Waals surface area contributed by atoms with Crippen molar-refractivity contribution in [2.45, 2.75) is 24.1 Å². The van der Waals surface area contributed by atoms with Crippen LogP contribution in [0.25, 0.3) is 0 Å². The van der Waals surface area contributed by atoms with E-state index in [9.17, 15) is 19.2 Å². The van der Waals surface area contributed by atoms with Gasteiger partial charge in [-0.25, -0.2) is 0 Å². The molecule has 1 heterocycles. The number of rotatable bonds is 5. The lowest BCUT2D eigenvalue weighted by atomic mass is 9.80. The number of anilines is 1. The highest BCUT2D eigenvalue weighted by atomic mass is 35.5. The number of halogens is 2. The number of carbonyl (C=O) groups is 4. The van der Waals surface area contributed by atoms with Gasteiger partial charge >= 0.3 is 5.97 Å². The van der Waals surface area contributed by atoms with Crippen LogP contribution in [0.15, 0.2) is 24.3 Å². The van der Waals surface area contributed by atoms with Crippen molar-refractivity contribution in [1.82, 2.24) is 4.90 Å². The van der Waals surface area contributed by atoms with Gasteiger partial charge in [0.2, 0.25) is 11.8 Å². The third-order valence-electron chi connectivity index (χ3n) is 6.03. The van der Waals surface area contributed by atoms with Crippen LogP contribution < -0.4 is 5.32 Å². The van der Waals surface area contributed by atoms with Crippen LogP contribution in [-0.4, -0.2) is 52.5 Å². The zero-order valence-electron chi connectivity index (χ0n) is 15.6. The number of benzene rings is 1. The summed E-state index contributed by atoms with van der Waals surface area (Å²) in [6.07, 6.45) is 0.659. The molecule has 1 saturated heterocycles. The molecule has 0 spiro atoms. The molecule has 0 unspecified atom stereocenters. The molecule has 2 bridgehead atoms. The van der Waals surface area contributed by atoms with Crippen molar-refractivity contribution in [2.24, 2.45) is 23.7 Å². The lowest BCUT2D eigenvalue weighted by Crippen LogP contribution is -2.38. The number of ether oxygens (including phenoxy) is 1. The molecule has 0 radical (unpaired) electrons. The van der Waals surface area contributed by atoms with E-state index >= 15 is 0 Å². The van der Waals surface area contributed by atoms with Gasteiger partial charge in [-0.3, -0.25) is 24.1 Å². The van der Waals surface area contributed by atoms with Crippen LogP contribution in [0.1, 0.15) is 12.0 Å². The second-order valence-corrected chi connectivity index (χ2v) is 8.85. The first-order valence-corrected chi connectivity index (χ1v) is 10.3. The zero-order valence-corrected chi connectivity index (χ0v) is 17.2. The van der Waals surface area contributed by atoms with E-state index in [0.29, 0.717) is 12.1 Å². The molecule has 6 atom stereocenters. The molecule has 0 aromatic heterocycles. The van der Waals surface area contributed by atoms with E-state index in [0.717, 1.165) is 10.5 Å². The number of carbonyl (C=O) groups excluding carboxylic acids is 4. The van der Waals surface area contributed by atoms with E-state index in [2.05, 4.69) is 5.32 Å². The van der Waals surface area contributed by atoms with Crippen molar-refractivity contribution in [3.05, 3.63) is 29.8 Å². The highest BCUT2D eigenvalue weighted by Crippen LogP contribution is 2.59. The van der Waals surface area contributed by atoms with E-state index < -0.39 is 48.7 Å². The van der Waals surface area contributed by atoms with Crippen LogP contribution in [0, 0.1) is 30.6 Å². The summed E-state index contributed by atoms with van der Waals surface area (Å²) in [7, 11) is 0. The number of alkyl halides is 2. The molecule has 4 rings (SSSR count). The predicted octanol–water partition coefficient (Wildman–Crippen LogP) is 1.94. The normalized spacial score (nSPS) is 32.4. The minimum atomic E-state index is -0.816. The smallest absolute Gasteiger partial charge is 0.326 e. The third kappa shape index (κ3) is 3.51. The first-order valence-electron chi connectivity index (χ1n) is 9.43. The molecule has 1 aromatic carbocycles. The summed E-state index contributed by atoms with van der Waals surface area (Å²) >= 11 is 12.6. The number of aryl methyl sites for hydroxylation is 1. The van der Waals surface area contributed by atoms with Gasteiger partial charge in [0.1, 0.15) is 6.54 Å². The number of esters is 1. The Morgan fingerprint density at radius 1 is 1.14 bits per heavy atom. The van der Waals surface area contributed by atoms with Gasteiger partial charge in [0, 0.05) is 5.69 Å². The van der Waals surface area contributed by atoms with Crippen molar-refractivity contribution in [2.75, 3.05) is 18.5 Å². The third-order valence-corrected chi connectivity index (χ3v) is 7.35. The molecule has 3 amide bonds. The topological polar surface area (TPSA) is 92.8 Å². The highest BCUT2D eigenvalue weighted by molar-refractivity contribution is 6.31. The second kappa shape index (κ2) is 7.61. The van der Waals surface area contributed by atoms with Gasteiger partial charge < -0.3 is 10.1 Å². The molecule has 3 aliphatic rings. The maximum atomic E-state index is 12.7. The molecule has 9 heteroatoms. The number of fused-ring (bicyclic) bond motifs is 5. The number of nitrogens with one attached hydrogen (secondary N) is 1. The highest BCUT2D eigenvalue weighted by Gasteiger charge is 2.66. The van der Waals surface area contributed by atoms with Gasteiger partial charge in [0.05, 0.1) is 22.6 Å². The van der Waals surface area contributed by atoms with Crippen LogP contribution in [0.5, 0.6) is 0 Å². The molecule has 29 heavy (non-hydrogen) atoms. The molecule has 1 N–H and O–H groups in total. The Hall–Kier alpha value is -2.12. The summed E-state index contributed by atoms with van der Waals surface area (Å²) in [5.41, 5.74) is 1.56. The standard InChI is InChI=1S/C20H20Cl2N2O5/c1-9-3-2-4-10(5-9)23-13(25)8-29-14(26)7-24-19(27)15-11-6-12(16(15)20(24)28)18(22)17(11)21/h2-5,11-12,15-18H,6-8H2,1H3,(H,23,25)/t11-,12-,15-,16+,17-,18+/m1/s1. The second-order valence-electron chi connectivity index (χ2n) is 7.84. The van der Waals surface area contributed by atoms with Crippen molar-refractivity contribution in [3.8, 4) is 0 Å². The number of imide groups is 1. The Bertz CT molecular complexity index is 859. The van der Waals surface area contributed by atoms with Crippen molar-refractivity contribution in [3.63, 3.8) is 0 Å². The van der Waals surface area contributed by atoms with E-state index in [-0.39, 0.29) is 22.6 Å². The molecule has 7 nitrogen and oxygen atoms in total. The van der Waals surface area contributed by atoms with Gasteiger partial charge in [-0.15, -0.1) is 23.2 Å². The van der Waals surface area contributed by atoms with Crippen LogP contribution >= 0.6 is 23.2 Å². The van der Waals surface area contributed by atoms with Crippen molar-refractivity contribution in [1.29, 1.82) is 0 Å². The molecule has 154 valence electrons. The van der Waals surface area contributed by atoms with Crippen LogP contribution in [0.2, 0.25) is 0 Å². The average molecular weight is 439 g/mol. The number of amides is 3. The number of hydrogen-bond donors (Lipinski definition) is 1. The van der Waals surface area contributed by atoms with Crippen LogP contribution in [-0.2, 0) is 23.9 Å². The van der Waals surface area contributed by atoms with Gasteiger partial charge in [-0.1, -0.05) is 12.1 Å². The first-order chi connectivity index (χ1) is 13.8. The van der Waals surface area contributed by atoms with Gasteiger partial charge in [-0.05, 0) is 42.9 Å². The quantitative estimate of drug-likeness (QED) is 0.430. The Balaban J connectivity index is 1.32. The summed E-state index contributed by atoms with van der Waals surface area (Å²) in [6, 6.07) is 7.18. The molecular formula is C20H20Cl2N2O5. The van der Waals surface area contributed by atoms with Gasteiger partial charge in [0.25, 0.3) is 5.91 Å². The maximum Gasteiger partial charge on any atom is 0.326 e. The Morgan fingerprint density at radius 3 is 2.34 bits per heavy atom. The number of nitrogens with zero attached hydrogens (tertiary/aromatic N) is 1. The Morgan fingerprint density at radius 2 is 1.76 bits per heavy atom. The number of hydrogen-bond acceptors (Lipinski definition) is 5. The first kappa shape index (κ1) is 20.2. The minimum Gasteiger partial charge on any atom is -0.454 e. The Kier molecular flexibility index (Phi) is 5.29. The largest absolute Gasteiger partial charge is 0.454 e. The Labute approximate surface area is 177 Å². The molecule has 1 aliphatic heterocycles. The fraction of sp³-hybridized carbons (Fsp3) is 0.500. The lowest BCUT2D eigenvalue weighted by molar-refractivity contribution is -0.154. The summed E-state index contributed by atoms with van der Waals surface area (Å²) in [5.74, 6) is -3.44. The lowest BCUT2D eigenvalue weighted by Gasteiger charge is -2.28. The summed E-state index contributed by atoms with van der Waals surface area (Å²) < 4.78 is 4.95. The average Bonchev–Trinajstić information content (AvgIpc) is 3.27. The fourth-order valence-electron chi connectivity index (χ4n) is 4.81. The van der Waals surface area contributed by atoms with Crippen LogP contribution in [0.3, 0.4) is 0 Å². The zero-order chi connectivity index (χ0) is 20.9. The SMILES string of the molecule is Cc1cccc(NC(=O)COC(=O)CN2C(=O)[C@@H]3[C@H]4C[C@@H]([C@H](Cl)[C@@H]4Cl)[C@@H]3C2=O)c1. The van der Waals surface area contributed by atoms with E-state index in [1.54, 1.807) is 18.2 Å². The van der Waals surface area contributed by atoms with E-state index in [4.69, 9.17) is 27.9 Å². The maximum absolute atomic E-state index is 12.7. The van der Waals surface area contributed by atoms with Gasteiger partial charge in [0.15, 0.2) is 6.61 Å². The van der Waals surface area contributed by atoms with Crippen molar-refractivity contribution < 1.29 is 23.9 Å². The molecule has 1 aromatic rings. The molecule has 2 saturated carbocycles.